The molecule has 0 aromatic heterocycles. The first-order valence-corrected chi connectivity index (χ1v) is 17.6. The Hall–Kier alpha value is -4.28. The van der Waals surface area contributed by atoms with Crippen LogP contribution in [-0.4, -0.2) is 81.6 Å². The Morgan fingerprint density at radius 1 is 0.940 bits per heavy atom. The van der Waals surface area contributed by atoms with Crippen LogP contribution in [0.4, 0.5) is 0 Å². The van der Waals surface area contributed by atoms with Gasteiger partial charge < -0.3 is 29.7 Å². The number of nitrogens with zero attached hydrogens (tertiary/aromatic N) is 2. The van der Waals surface area contributed by atoms with Gasteiger partial charge >= 0.3 is 5.97 Å². The van der Waals surface area contributed by atoms with Crippen molar-refractivity contribution in [1.82, 2.24) is 15.1 Å². The van der Waals surface area contributed by atoms with Gasteiger partial charge in [0.05, 0.1) is 36.6 Å². The topological polar surface area (TPSA) is 125 Å². The van der Waals surface area contributed by atoms with Gasteiger partial charge in [0.15, 0.2) is 0 Å². The van der Waals surface area contributed by atoms with Gasteiger partial charge in [-0.2, -0.15) is 0 Å². The molecule has 0 unspecified atom stereocenters. The summed E-state index contributed by atoms with van der Waals surface area (Å²) in [6.07, 6.45) is 7.54. The molecule has 4 aliphatic rings. The quantitative estimate of drug-likeness (QED) is 0.335. The van der Waals surface area contributed by atoms with Crippen LogP contribution >= 0.6 is 0 Å². The van der Waals surface area contributed by atoms with Gasteiger partial charge in [0, 0.05) is 18.5 Å². The van der Waals surface area contributed by atoms with Crippen LogP contribution in [0, 0.1) is 17.3 Å². The van der Waals surface area contributed by atoms with E-state index in [0.29, 0.717) is 24.9 Å². The molecule has 6 rings (SSSR count). The van der Waals surface area contributed by atoms with E-state index >= 15 is 9.59 Å². The predicted octanol–water partition coefficient (Wildman–Crippen LogP) is 4.66. The van der Waals surface area contributed by atoms with Crippen molar-refractivity contribution in [2.45, 2.75) is 89.3 Å². The summed E-state index contributed by atoms with van der Waals surface area (Å²) in [5.74, 6) is -3.66. The lowest BCUT2D eigenvalue weighted by Crippen LogP contribution is -2.60. The first kappa shape index (κ1) is 35.5. The fraction of sp³-hybridized carbons (Fsp3) is 0.500. The number of likely N-dealkylation sites (tertiary alicyclic amines) is 1. The number of carbonyl (C=O) groups is 4. The summed E-state index contributed by atoms with van der Waals surface area (Å²) < 4.78 is 12.5. The number of benzene rings is 2. The van der Waals surface area contributed by atoms with Crippen LogP contribution in [-0.2, 0) is 28.7 Å². The SMILES string of the molecule is CC(C)(C)CC(C)(C)N1CC=C[C@]23O[C@@H]4/C=C\CCC(=O)OC[C@@H](c5ccccc5)NC(=O)[C@@H]4[C@H]2C(=O)N([C@H](CO)c2ccccc2)[C@@H]3C1=O. The largest absolute Gasteiger partial charge is 0.463 e. The van der Waals surface area contributed by atoms with Crippen molar-refractivity contribution in [2.75, 3.05) is 19.8 Å². The number of hydrogen-bond donors (Lipinski definition) is 2. The highest BCUT2D eigenvalue weighted by atomic mass is 16.5. The summed E-state index contributed by atoms with van der Waals surface area (Å²) in [5, 5.41) is 14.0. The standard InChI is InChI=1S/C40H49N3O7/c1-38(2,3)25-39(4,5)42-22-14-21-40-33(36(47)43(34(40)37(42)48)29(23-44)27-17-10-7-11-18-27)32-30(50-40)19-12-13-20-31(45)49-24-28(41-35(32)46)26-15-8-6-9-16-26/h6-12,14-19,21,28-30,32-34,44H,13,20,22-25H2,1-5H3,(H,41,46)/b19-12-/t28-,29+,30+,32-,33-,34+,40-/m0/s1. The third-order valence-corrected chi connectivity index (χ3v) is 10.4. The van der Waals surface area contributed by atoms with Gasteiger partial charge in [-0.15, -0.1) is 0 Å². The van der Waals surface area contributed by atoms with E-state index in [0.717, 1.165) is 5.56 Å². The summed E-state index contributed by atoms with van der Waals surface area (Å²) in [6, 6.07) is 15.7. The number of rotatable bonds is 6. The van der Waals surface area contributed by atoms with Gasteiger partial charge in [-0.3, -0.25) is 19.2 Å². The minimum atomic E-state index is -1.51. The molecule has 0 radical (unpaired) electrons. The highest BCUT2D eigenvalue weighted by molar-refractivity contribution is 6.00. The summed E-state index contributed by atoms with van der Waals surface area (Å²) >= 11 is 0. The first-order chi connectivity index (χ1) is 23.8. The third-order valence-electron chi connectivity index (χ3n) is 10.4. The van der Waals surface area contributed by atoms with Gasteiger partial charge in [0.25, 0.3) is 0 Å². The summed E-state index contributed by atoms with van der Waals surface area (Å²) in [5.41, 5.74) is -0.788. The molecular weight excluding hydrogens is 634 g/mol. The molecule has 2 aromatic rings. The molecule has 266 valence electrons. The highest BCUT2D eigenvalue weighted by Crippen LogP contribution is 2.55. The molecule has 0 saturated carbocycles. The molecule has 2 N–H and O–H groups in total. The van der Waals surface area contributed by atoms with Gasteiger partial charge in [0.2, 0.25) is 17.7 Å². The maximum atomic E-state index is 15.2. The van der Waals surface area contributed by atoms with Gasteiger partial charge in [-0.25, -0.2) is 0 Å². The van der Waals surface area contributed by atoms with E-state index in [2.05, 4.69) is 26.1 Å². The molecule has 50 heavy (non-hydrogen) atoms. The Kier molecular flexibility index (Phi) is 9.81. The minimum Gasteiger partial charge on any atom is -0.463 e. The zero-order chi connectivity index (χ0) is 35.8. The fourth-order valence-electron chi connectivity index (χ4n) is 8.68. The van der Waals surface area contributed by atoms with Crippen LogP contribution in [0.1, 0.15) is 77.1 Å². The number of carbonyl (C=O) groups excluding carboxylic acids is 4. The lowest BCUT2D eigenvalue weighted by molar-refractivity contribution is -0.155. The van der Waals surface area contributed by atoms with Crippen LogP contribution < -0.4 is 5.32 Å². The first-order valence-electron chi connectivity index (χ1n) is 17.6. The maximum absolute atomic E-state index is 15.2. The molecular formula is C40H49N3O7. The molecule has 4 aliphatic heterocycles. The lowest BCUT2D eigenvalue weighted by atomic mass is 9.77. The normalized spacial score (nSPS) is 30.2. The summed E-state index contributed by atoms with van der Waals surface area (Å²) in [4.78, 5) is 60.7. The van der Waals surface area contributed by atoms with E-state index in [4.69, 9.17) is 9.47 Å². The average Bonchev–Trinajstić information content (AvgIpc) is 3.45. The second kappa shape index (κ2) is 13.8. The molecule has 1 spiro atoms. The molecule has 0 bridgehead atoms. The van der Waals surface area contributed by atoms with E-state index in [1.807, 2.05) is 91.6 Å². The Morgan fingerprint density at radius 3 is 2.28 bits per heavy atom. The number of allylic oxidation sites excluding steroid dienone is 1. The molecule has 2 aromatic carbocycles. The number of hydrogen-bond acceptors (Lipinski definition) is 7. The molecule has 2 fully saturated rings. The molecule has 7 atom stereocenters. The number of ether oxygens (including phenoxy) is 2. The van der Waals surface area contributed by atoms with E-state index in [1.54, 1.807) is 12.2 Å². The maximum Gasteiger partial charge on any atom is 0.306 e. The van der Waals surface area contributed by atoms with E-state index in [-0.39, 0.29) is 30.3 Å². The number of aliphatic hydroxyl groups excluding tert-OH is 1. The van der Waals surface area contributed by atoms with Crippen molar-refractivity contribution < 1.29 is 33.8 Å². The van der Waals surface area contributed by atoms with Gasteiger partial charge in [-0.05, 0) is 43.2 Å². The van der Waals surface area contributed by atoms with Crippen LogP contribution in [0.15, 0.2) is 85.0 Å². The van der Waals surface area contributed by atoms with Crippen LogP contribution in [0.2, 0.25) is 0 Å². The van der Waals surface area contributed by atoms with Crippen LogP contribution in [0.5, 0.6) is 0 Å². The number of fused-ring (bicyclic) bond motifs is 2. The minimum absolute atomic E-state index is 0.0775. The van der Waals surface area contributed by atoms with Crippen LogP contribution in [0.3, 0.4) is 0 Å². The number of aliphatic hydroxyl groups is 1. The Morgan fingerprint density at radius 2 is 1.62 bits per heavy atom. The molecule has 4 heterocycles. The van der Waals surface area contributed by atoms with Crippen molar-refractivity contribution in [3.63, 3.8) is 0 Å². The van der Waals surface area contributed by atoms with E-state index < -0.39 is 65.6 Å². The molecule has 3 amide bonds. The number of cyclic esters (lactones) is 1. The average molecular weight is 684 g/mol. The van der Waals surface area contributed by atoms with Crippen LogP contribution in [0.25, 0.3) is 0 Å². The third kappa shape index (κ3) is 6.63. The smallest absolute Gasteiger partial charge is 0.306 e. The summed E-state index contributed by atoms with van der Waals surface area (Å²) in [7, 11) is 0. The van der Waals surface area contributed by atoms with Crippen molar-refractivity contribution >= 4 is 23.7 Å². The van der Waals surface area contributed by atoms with E-state index in [9.17, 15) is 14.7 Å². The molecule has 10 nitrogen and oxygen atoms in total. The van der Waals surface area contributed by atoms with Crippen molar-refractivity contribution in [2.24, 2.45) is 17.3 Å². The zero-order valence-electron chi connectivity index (χ0n) is 29.6. The lowest BCUT2D eigenvalue weighted by Gasteiger charge is -2.45. The number of amides is 3. The predicted molar refractivity (Wildman–Crippen MR) is 187 cm³/mol. The van der Waals surface area contributed by atoms with E-state index in [1.165, 1.54) is 4.90 Å². The molecule has 10 heteroatoms. The number of nitrogens with one attached hydrogen (secondary N) is 1. The van der Waals surface area contributed by atoms with Crippen molar-refractivity contribution in [1.29, 1.82) is 0 Å². The second-order valence-corrected chi connectivity index (χ2v) is 15.7. The number of esters is 1. The Bertz CT molecular complexity index is 1650. The van der Waals surface area contributed by atoms with Gasteiger partial charge in [0.1, 0.15) is 18.2 Å². The summed E-state index contributed by atoms with van der Waals surface area (Å²) in [6.45, 7) is 10.2. The Balaban J connectivity index is 1.48. The van der Waals surface area contributed by atoms with Gasteiger partial charge in [-0.1, -0.05) is 106 Å². The fourth-order valence-corrected chi connectivity index (χ4v) is 8.68. The van der Waals surface area contributed by atoms with Crippen molar-refractivity contribution in [3.05, 3.63) is 96.1 Å². The Labute approximate surface area is 294 Å². The molecule has 0 aliphatic carbocycles. The monoisotopic (exact) mass is 683 g/mol. The second-order valence-electron chi connectivity index (χ2n) is 15.7. The highest BCUT2D eigenvalue weighted by Gasteiger charge is 2.72. The van der Waals surface area contributed by atoms with Crippen molar-refractivity contribution in [3.8, 4) is 0 Å². The molecule has 2 saturated heterocycles. The zero-order valence-corrected chi connectivity index (χ0v) is 29.6.